The zero-order chi connectivity index (χ0) is 12.8. The van der Waals surface area contributed by atoms with Crippen LogP contribution in [-0.2, 0) is 15.6 Å². The zero-order valence-corrected chi connectivity index (χ0v) is 10.6. The number of rotatable bonds is 4. The minimum atomic E-state index is -3.59. The third kappa shape index (κ3) is 2.15. The molecular formula is C10H12N4O3S. The summed E-state index contributed by atoms with van der Waals surface area (Å²) in [6.45, 7) is 1.64. The molecule has 1 saturated carbocycles. The van der Waals surface area contributed by atoms with Crippen LogP contribution in [0.1, 0.15) is 36.2 Å². The summed E-state index contributed by atoms with van der Waals surface area (Å²) in [6.07, 6.45) is 3.77. The fourth-order valence-corrected chi connectivity index (χ4v) is 2.68. The van der Waals surface area contributed by atoms with Gasteiger partial charge in [0.15, 0.2) is 0 Å². The van der Waals surface area contributed by atoms with Crippen LogP contribution >= 0.6 is 0 Å². The smallest absolute Gasteiger partial charge is 0.267 e. The number of aromatic nitrogens is 4. The molecule has 3 rings (SSSR count). The normalized spacial score (nSPS) is 16.1. The Kier molecular flexibility index (Phi) is 2.47. The van der Waals surface area contributed by atoms with Crippen LogP contribution < -0.4 is 0 Å². The van der Waals surface area contributed by atoms with Crippen molar-refractivity contribution in [3.05, 3.63) is 23.7 Å². The summed E-state index contributed by atoms with van der Waals surface area (Å²) in [5.41, 5.74) is 0. The van der Waals surface area contributed by atoms with Gasteiger partial charge in [-0.15, -0.1) is 5.10 Å². The van der Waals surface area contributed by atoms with Crippen LogP contribution in [0, 0.1) is 6.92 Å². The summed E-state index contributed by atoms with van der Waals surface area (Å²) in [4.78, 5) is 7.79. The van der Waals surface area contributed by atoms with Gasteiger partial charge in [0.2, 0.25) is 15.7 Å². The SMILES string of the molecule is Cc1nc(S(=O)(=O)Cc2ncc(C3CC3)o2)n[nH]1. The van der Waals surface area contributed by atoms with Crippen LogP contribution in [-0.4, -0.2) is 28.6 Å². The van der Waals surface area contributed by atoms with Crippen LogP contribution in [0.5, 0.6) is 0 Å². The maximum Gasteiger partial charge on any atom is 0.267 e. The van der Waals surface area contributed by atoms with Crippen molar-refractivity contribution in [1.82, 2.24) is 20.2 Å². The summed E-state index contributed by atoms with van der Waals surface area (Å²) in [5.74, 6) is 1.53. The molecule has 0 aromatic carbocycles. The first-order chi connectivity index (χ1) is 8.54. The lowest BCUT2D eigenvalue weighted by Gasteiger charge is -1.95. The van der Waals surface area contributed by atoms with Gasteiger partial charge in [-0.2, -0.15) is 0 Å². The molecular weight excluding hydrogens is 256 g/mol. The molecule has 96 valence electrons. The van der Waals surface area contributed by atoms with E-state index >= 15 is 0 Å². The van der Waals surface area contributed by atoms with E-state index in [9.17, 15) is 8.42 Å². The number of nitrogens with zero attached hydrogens (tertiary/aromatic N) is 3. The van der Waals surface area contributed by atoms with Crippen LogP contribution in [0.25, 0.3) is 0 Å². The fraction of sp³-hybridized carbons (Fsp3) is 0.500. The van der Waals surface area contributed by atoms with E-state index in [1.807, 2.05) is 0 Å². The summed E-state index contributed by atoms with van der Waals surface area (Å²) >= 11 is 0. The number of oxazole rings is 1. The van der Waals surface area contributed by atoms with Gasteiger partial charge < -0.3 is 4.42 Å². The Morgan fingerprint density at radius 3 is 2.89 bits per heavy atom. The van der Waals surface area contributed by atoms with Gasteiger partial charge >= 0.3 is 0 Å². The Hall–Kier alpha value is -1.70. The predicted octanol–water partition coefficient (Wildman–Crippen LogP) is 0.952. The molecule has 0 spiro atoms. The van der Waals surface area contributed by atoms with Crippen molar-refractivity contribution in [3.63, 3.8) is 0 Å². The Labute approximate surface area is 104 Å². The standard InChI is InChI=1S/C10H12N4O3S/c1-6-12-10(14-13-6)18(15,16)5-9-11-4-8(17-9)7-2-3-7/h4,7H,2-3,5H2,1H3,(H,12,13,14). The van der Waals surface area contributed by atoms with Gasteiger partial charge in [-0.05, 0) is 19.8 Å². The predicted molar refractivity (Wildman–Crippen MR) is 60.5 cm³/mol. The number of H-pyrrole nitrogens is 1. The molecule has 0 bridgehead atoms. The second-order valence-corrected chi connectivity index (χ2v) is 6.28. The Bertz CT molecular complexity index is 669. The molecule has 1 aliphatic carbocycles. The minimum Gasteiger partial charge on any atom is -0.444 e. The third-order valence-corrected chi connectivity index (χ3v) is 4.09. The number of aromatic amines is 1. The van der Waals surface area contributed by atoms with Crippen molar-refractivity contribution in [1.29, 1.82) is 0 Å². The maximum absolute atomic E-state index is 12.0. The molecule has 0 amide bonds. The second-order valence-electron chi connectivity index (χ2n) is 4.39. The molecule has 2 aromatic rings. The van der Waals surface area contributed by atoms with Gasteiger partial charge in [0, 0.05) is 5.92 Å². The van der Waals surface area contributed by atoms with Crippen LogP contribution in [0.4, 0.5) is 0 Å². The highest BCUT2D eigenvalue weighted by molar-refractivity contribution is 7.90. The highest BCUT2D eigenvalue weighted by atomic mass is 32.2. The number of aryl methyl sites for hydroxylation is 1. The Balaban J connectivity index is 1.81. The molecule has 18 heavy (non-hydrogen) atoms. The Morgan fingerprint density at radius 2 is 2.28 bits per heavy atom. The van der Waals surface area contributed by atoms with Gasteiger partial charge in [-0.1, -0.05) is 0 Å². The maximum atomic E-state index is 12.0. The van der Waals surface area contributed by atoms with E-state index in [2.05, 4.69) is 20.2 Å². The van der Waals surface area contributed by atoms with E-state index < -0.39 is 9.84 Å². The highest BCUT2D eigenvalue weighted by Crippen LogP contribution is 2.40. The van der Waals surface area contributed by atoms with Crippen molar-refractivity contribution in [2.75, 3.05) is 0 Å². The van der Waals surface area contributed by atoms with Crippen LogP contribution in [0.3, 0.4) is 0 Å². The van der Waals surface area contributed by atoms with Crippen molar-refractivity contribution >= 4 is 9.84 Å². The minimum absolute atomic E-state index is 0.194. The van der Waals surface area contributed by atoms with Gasteiger partial charge in [-0.3, -0.25) is 5.10 Å². The Morgan fingerprint density at radius 1 is 1.50 bits per heavy atom. The van der Waals surface area contributed by atoms with Gasteiger partial charge in [0.1, 0.15) is 17.3 Å². The van der Waals surface area contributed by atoms with E-state index in [4.69, 9.17) is 4.42 Å². The zero-order valence-electron chi connectivity index (χ0n) is 9.75. The monoisotopic (exact) mass is 268 g/mol. The average molecular weight is 268 g/mol. The molecule has 0 saturated heterocycles. The lowest BCUT2D eigenvalue weighted by Crippen LogP contribution is -2.07. The molecule has 2 heterocycles. The molecule has 0 radical (unpaired) electrons. The highest BCUT2D eigenvalue weighted by Gasteiger charge is 2.29. The van der Waals surface area contributed by atoms with E-state index in [1.165, 1.54) is 0 Å². The van der Waals surface area contributed by atoms with Crippen molar-refractivity contribution in [2.24, 2.45) is 0 Å². The molecule has 1 N–H and O–H groups in total. The summed E-state index contributed by atoms with van der Waals surface area (Å²) in [6, 6.07) is 0. The average Bonchev–Trinajstić information content (AvgIpc) is 2.89. The van der Waals surface area contributed by atoms with E-state index in [1.54, 1.807) is 13.1 Å². The fourth-order valence-electron chi connectivity index (χ4n) is 1.64. The molecule has 0 unspecified atom stereocenters. The first kappa shape index (κ1) is 11.4. The van der Waals surface area contributed by atoms with Crippen LogP contribution in [0.2, 0.25) is 0 Å². The molecule has 0 aliphatic heterocycles. The number of hydrogen-bond donors (Lipinski definition) is 1. The molecule has 7 nitrogen and oxygen atoms in total. The number of nitrogens with one attached hydrogen (secondary N) is 1. The molecule has 2 aromatic heterocycles. The van der Waals surface area contributed by atoms with Gasteiger partial charge in [0.25, 0.3) is 5.16 Å². The summed E-state index contributed by atoms with van der Waals surface area (Å²) in [7, 11) is -3.59. The number of sulfone groups is 1. The van der Waals surface area contributed by atoms with Crippen molar-refractivity contribution in [3.8, 4) is 0 Å². The molecule has 8 heteroatoms. The topological polar surface area (TPSA) is 102 Å². The van der Waals surface area contributed by atoms with E-state index in [0.29, 0.717) is 11.7 Å². The van der Waals surface area contributed by atoms with Crippen molar-refractivity contribution in [2.45, 2.75) is 36.6 Å². The van der Waals surface area contributed by atoms with Gasteiger partial charge in [-0.25, -0.2) is 18.4 Å². The third-order valence-electron chi connectivity index (χ3n) is 2.72. The first-order valence-corrected chi connectivity index (χ1v) is 7.26. The summed E-state index contributed by atoms with van der Waals surface area (Å²) in [5, 5.41) is 5.93. The lowest BCUT2D eigenvalue weighted by atomic mass is 10.3. The summed E-state index contributed by atoms with van der Waals surface area (Å²) < 4.78 is 29.3. The van der Waals surface area contributed by atoms with Crippen molar-refractivity contribution < 1.29 is 12.8 Å². The number of hydrogen-bond acceptors (Lipinski definition) is 6. The molecule has 1 aliphatic rings. The van der Waals surface area contributed by atoms with Crippen LogP contribution in [0.15, 0.2) is 15.8 Å². The molecule has 0 atom stereocenters. The first-order valence-electron chi connectivity index (χ1n) is 5.61. The quantitative estimate of drug-likeness (QED) is 0.885. The lowest BCUT2D eigenvalue weighted by molar-refractivity contribution is 0.467. The van der Waals surface area contributed by atoms with E-state index in [0.717, 1.165) is 18.6 Å². The van der Waals surface area contributed by atoms with Gasteiger partial charge in [0.05, 0.1) is 6.20 Å². The molecule has 1 fully saturated rings. The van der Waals surface area contributed by atoms with E-state index in [-0.39, 0.29) is 16.8 Å². The largest absolute Gasteiger partial charge is 0.444 e. The second kappa shape index (κ2) is 3.91.